The number of thiophene rings is 2. The van der Waals surface area contributed by atoms with E-state index in [4.69, 9.17) is 0 Å². The maximum absolute atomic E-state index is 14.1. The molecular formula is C21H19BF2N3OS2+. The number of hydrogen-bond acceptors (Lipinski definition) is 4. The molecule has 3 aromatic rings. The fourth-order valence-corrected chi connectivity index (χ4v) is 5.54. The van der Waals surface area contributed by atoms with Crippen LogP contribution in [0.4, 0.5) is 14.4 Å². The molecular weight excluding hydrogens is 423 g/mol. The summed E-state index contributed by atoms with van der Waals surface area (Å²) in [7, 11) is -3.01. The van der Waals surface area contributed by atoms with Crippen LogP contribution in [0.15, 0.2) is 41.5 Å². The Morgan fingerprint density at radius 2 is 1.57 bits per heavy atom. The number of amidine groups is 1. The Morgan fingerprint density at radius 1 is 0.967 bits per heavy atom. The van der Waals surface area contributed by atoms with Gasteiger partial charge in [-0.1, -0.05) is 6.07 Å². The fraction of sp³-hybridized carbons (Fsp3) is 0.190. The number of halogens is 2. The van der Waals surface area contributed by atoms with E-state index in [0.29, 0.717) is 21.8 Å². The van der Waals surface area contributed by atoms with Crippen molar-refractivity contribution < 1.29 is 18.4 Å². The molecule has 0 radical (unpaired) electrons. The Kier molecular flexibility index (Phi) is 5.42. The van der Waals surface area contributed by atoms with Crippen molar-refractivity contribution in [2.24, 2.45) is 4.99 Å². The van der Waals surface area contributed by atoms with Crippen molar-refractivity contribution in [3.8, 4) is 0 Å². The van der Waals surface area contributed by atoms with Crippen molar-refractivity contribution >= 4 is 58.8 Å². The van der Waals surface area contributed by atoms with Gasteiger partial charge in [0.1, 0.15) is 0 Å². The number of nitrogens with zero attached hydrogens (tertiary/aromatic N) is 2. The number of rotatable bonds is 4. The molecule has 0 unspecified atom stereocenters. The van der Waals surface area contributed by atoms with Gasteiger partial charge in [0.05, 0.1) is 17.3 Å². The molecule has 0 aliphatic carbocycles. The van der Waals surface area contributed by atoms with Gasteiger partial charge in [-0.05, 0) is 50.9 Å². The van der Waals surface area contributed by atoms with Gasteiger partial charge in [0, 0.05) is 36.7 Å². The van der Waals surface area contributed by atoms with Gasteiger partial charge in [-0.3, -0.25) is 18.2 Å². The van der Waals surface area contributed by atoms with Gasteiger partial charge in [0.2, 0.25) is 0 Å². The van der Waals surface area contributed by atoms with Crippen LogP contribution < -0.4 is 4.98 Å². The third-order valence-corrected chi connectivity index (χ3v) is 6.80. The Labute approximate surface area is 181 Å². The van der Waals surface area contributed by atoms with Crippen LogP contribution in [0, 0.1) is 27.7 Å². The lowest BCUT2D eigenvalue weighted by atomic mass is 9.96. The van der Waals surface area contributed by atoms with Crippen LogP contribution in [0.25, 0.3) is 11.1 Å². The number of nitrogens with one attached hydrogen (secondary N) is 1. The first kappa shape index (κ1) is 20.6. The van der Waals surface area contributed by atoms with E-state index in [0.717, 1.165) is 25.1 Å². The number of aryl methyl sites for hydroxylation is 4. The highest BCUT2D eigenvalue weighted by molar-refractivity contribution is 7.12. The molecule has 1 aliphatic rings. The zero-order valence-electron chi connectivity index (χ0n) is 16.9. The molecule has 0 aromatic carbocycles. The molecule has 0 fully saturated rings. The Hall–Kier alpha value is -2.65. The van der Waals surface area contributed by atoms with Crippen LogP contribution in [0.2, 0.25) is 0 Å². The predicted octanol–water partition coefficient (Wildman–Crippen LogP) is 5.26. The quantitative estimate of drug-likeness (QED) is 0.508. The number of aromatic nitrogens is 1. The lowest BCUT2D eigenvalue weighted by molar-refractivity contribution is -0.362. The van der Waals surface area contributed by atoms with Crippen molar-refractivity contribution in [3.05, 3.63) is 67.2 Å². The average molecular weight is 442 g/mol. The highest BCUT2D eigenvalue weighted by atomic mass is 32.1. The Bertz CT molecular complexity index is 1200. The van der Waals surface area contributed by atoms with Crippen molar-refractivity contribution in [2.45, 2.75) is 27.7 Å². The zero-order chi connectivity index (χ0) is 21.6. The smallest absolute Gasteiger partial charge is 0.270 e. The molecule has 4 heterocycles. The number of aliphatic imine (C=N–C) groups is 1. The summed E-state index contributed by atoms with van der Waals surface area (Å²) in [6.45, 7) is 7.75. The monoisotopic (exact) mass is 442 g/mol. The summed E-state index contributed by atoms with van der Waals surface area (Å²) >= 11 is 3.11. The number of amides is 1. The Morgan fingerprint density at radius 3 is 2.03 bits per heavy atom. The molecule has 3 aromatic heterocycles. The highest BCUT2D eigenvalue weighted by Gasteiger charge is 2.49. The molecule has 30 heavy (non-hydrogen) atoms. The Balaban J connectivity index is 2.07. The molecule has 9 heteroatoms. The number of aromatic amines is 1. The zero-order valence-corrected chi connectivity index (χ0v) is 18.5. The van der Waals surface area contributed by atoms with Gasteiger partial charge >= 0.3 is 13.2 Å². The fourth-order valence-electron chi connectivity index (χ4n) is 3.68. The number of carbonyl (C=O) groups excluding carboxylic acids is 1. The largest absolute Gasteiger partial charge is 0.683 e. The second-order valence-corrected chi connectivity index (χ2v) is 9.96. The topological polar surface area (TPSA) is 46.8 Å². The van der Waals surface area contributed by atoms with Crippen molar-refractivity contribution in [1.82, 2.24) is 4.81 Å². The maximum atomic E-state index is 14.1. The minimum atomic E-state index is -3.01. The molecule has 1 N–H and O–H groups in total. The minimum absolute atomic E-state index is 0.0309. The molecule has 0 atom stereocenters. The molecule has 4 rings (SSSR count). The predicted molar refractivity (Wildman–Crippen MR) is 119 cm³/mol. The average Bonchev–Trinajstić information content (AvgIpc) is 3.28. The summed E-state index contributed by atoms with van der Waals surface area (Å²) in [5.74, 6) is -0.358. The molecule has 1 amide bonds. The highest BCUT2D eigenvalue weighted by Crippen LogP contribution is 2.43. The standard InChI is InChI=1S/C21H18BF2N3OS2/c1-11-9-15(13(3)29-11)18-19(16-10-12(2)30-14(16)4)21(28)27(22(23)24)20(18)26-17-7-5-6-8-25-17/h5-10H,1-4H3/p+1. The summed E-state index contributed by atoms with van der Waals surface area (Å²) in [4.78, 5) is 25.2. The van der Waals surface area contributed by atoms with Crippen molar-refractivity contribution in [3.63, 3.8) is 0 Å². The molecule has 152 valence electrons. The lowest BCUT2D eigenvalue weighted by Crippen LogP contribution is -2.39. The van der Waals surface area contributed by atoms with E-state index in [1.807, 2.05) is 39.8 Å². The van der Waals surface area contributed by atoms with Crippen LogP contribution in [-0.4, -0.2) is 24.0 Å². The van der Waals surface area contributed by atoms with E-state index in [1.165, 1.54) is 0 Å². The summed E-state index contributed by atoms with van der Waals surface area (Å²) in [6.07, 6.45) is 1.67. The van der Waals surface area contributed by atoms with E-state index in [9.17, 15) is 13.4 Å². The van der Waals surface area contributed by atoms with Gasteiger partial charge in [-0.2, -0.15) is 0 Å². The first-order valence-corrected chi connectivity index (χ1v) is 11.0. The normalized spacial score (nSPS) is 15.6. The molecule has 0 spiro atoms. The number of hydrogen-bond donors (Lipinski definition) is 0. The summed E-state index contributed by atoms with van der Waals surface area (Å²) < 4.78 is 28.3. The van der Waals surface area contributed by atoms with Crippen molar-refractivity contribution in [1.29, 1.82) is 0 Å². The van der Waals surface area contributed by atoms with Crippen molar-refractivity contribution in [2.75, 3.05) is 0 Å². The van der Waals surface area contributed by atoms with Crippen LogP contribution in [0.5, 0.6) is 0 Å². The van der Waals surface area contributed by atoms with Gasteiger partial charge < -0.3 is 0 Å². The molecule has 0 bridgehead atoms. The molecule has 1 aliphatic heterocycles. The van der Waals surface area contributed by atoms with Gasteiger partial charge in [-0.15, -0.1) is 22.7 Å². The van der Waals surface area contributed by atoms with E-state index >= 15 is 0 Å². The van der Waals surface area contributed by atoms with E-state index in [1.54, 1.807) is 47.1 Å². The summed E-state index contributed by atoms with van der Waals surface area (Å²) in [5, 5.41) is 0. The van der Waals surface area contributed by atoms with E-state index in [2.05, 4.69) is 9.98 Å². The lowest BCUT2D eigenvalue weighted by Gasteiger charge is -2.11. The minimum Gasteiger partial charge on any atom is -0.270 e. The maximum Gasteiger partial charge on any atom is 0.683 e. The third-order valence-electron chi connectivity index (χ3n) is 4.87. The van der Waals surface area contributed by atoms with Crippen LogP contribution in [0.3, 0.4) is 0 Å². The van der Waals surface area contributed by atoms with Crippen LogP contribution in [0.1, 0.15) is 30.6 Å². The van der Waals surface area contributed by atoms with Gasteiger partial charge in [0.15, 0.2) is 0 Å². The van der Waals surface area contributed by atoms with E-state index in [-0.39, 0.29) is 11.4 Å². The summed E-state index contributed by atoms with van der Waals surface area (Å²) in [6, 6.07) is 9.05. The van der Waals surface area contributed by atoms with Crippen LogP contribution >= 0.6 is 22.7 Å². The number of pyridine rings is 1. The molecule has 4 nitrogen and oxygen atoms in total. The molecule has 0 saturated heterocycles. The summed E-state index contributed by atoms with van der Waals surface area (Å²) in [5.41, 5.74) is 2.20. The van der Waals surface area contributed by atoms with Gasteiger partial charge in [-0.25, -0.2) is 4.98 Å². The third kappa shape index (κ3) is 3.52. The van der Waals surface area contributed by atoms with E-state index < -0.39 is 13.3 Å². The number of H-pyrrole nitrogens is 1. The number of carbonyl (C=O) groups is 1. The second-order valence-electron chi connectivity index (χ2n) is 7.04. The van der Waals surface area contributed by atoms with Crippen LogP contribution in [-0.2, 0) is 4.79 Å². The second kappa shape index (κ2) is 7.88. The SMILES string of the molecule is Cc1cc(C2=C(c3cc(C)sc3C)C(=Nc3cccc[nH+]3)N(B(F)F)C2=O)c(C)s1. The first-order chi connectivity index (χ1) is 14.3. The molecule has 0 saturated carbocycles. The van der Waals surface area contributed by atoms with Gasteiger partial charge in [0.25, 0.3) is 11.7 Å². The first-order valence-electron chi connectivity index (χ1n) is 9.34.